The van der Waals surface area contributed by atoms with Crippen LogP contribution in [-0.4, -0.2) is 46.6 Å². The number of thiazole rings is 1. The number of nitrogens with zero attached hydrogens (tertiary/aromatic N) is 3. The third kappa shape index (κ3) is 5.16. The second-order valence-electron chi connectivity index (χ2n) is 6.58. The molecule has 0 unspecified atom stereocenters. The predicted octanol–water partition coefficient (Wildman–Crippen LogP) is 3.24. The van der Waals surface area contributed by atoms with E-state index in [1.165, 1.54) is 11.3 Å². The van der Waals surface area contributed by atoms with Crippen LogP contribution in [0.2, 0.25) is 0 Å². The second-order valence-corrected chi connectivity index (χ2v) is 7.43. The van der Waals surface area contributed by atoms with Gasteiger partial charge in [0.25, 0.3) is 0 Å². The van der Waals surface area contributed by atoms with E-state index in [1.54, 1.807) is 19.5 Å². The van der Waals surface area contributed by atoms with Gasteiger partial charge in [0.2, 0.25) is 5.78 Å². The molecule has 0 aromatic carbocycles. The van der Waals surface area contributed by atoms with Gasteiger partial charge in [-0.2, -0.15) is 0 Å². The number of esters is 1. The van der Waals surface area contributed by atoms with Crippen molar-refractivity contribution in [1.29, 1.82) is 0 Å². The molecule has 3 rings (SSSR count). The number of carbonyl (C=O) groups excluding carboxylic acids is 2. The van der Waals surface area contributed by atoms with Gasteiger partial charge >= 0.3 is 5.97 Å². The van der Waals surface area contributed by atoms with Gasteiger partial charge in [-0.25, -0.2) is 4.98 Å². The zero-order valence-electron chi connectivity index (χ0n) is 16.7. The molecule has 0 saturated heterocycles. The molecule has 8 heteroatoms. The molecule has 0 bridgehead atoms. The van der Waals surface area contributed by atoms with E-state index in [4.69, 9.17) is 9.47 Å². The van der Waals surface area contributed by atoms with Crippen LogP contribution in [-0.2, 0) is 27.2 Å². The molecule has 0 spiro atoms. The molecule has 3 heterocycles. The van der Waals surface area contributed by atoms with Crippen LogP contribution in [0, 0.1) is 13.8 Å². The highest BCUT2D eigenvalue weighted by Gasteiger charge is 2.18. The Morgan fingerprint density at radius 1 is 1.28 bits per heavy atom. The zero-order chi connectivity index (χ0) is 20.8. The largest absolute Gasteiger partial charge is 0.457 e. The molecule has 0 radical (unpaired) electrons. The lowest BCUT2D eigenvalue weighted by molar-refractivity contribution is -0.141. The predicted molar refractivity (Wildman–Crippen MR) is 110 cm³/mol. The molecule has 0 amide bonds. The second kappa shape index (κ2) is 9.58. The standard InChI is InChI=1S/C21H23N3O4S/c1-14-9-18(15(2)24(14)7-8-27-3)19(25)12-28-20(26)10-17-13-29-21(23-17)16-5-4-6-22-11-16/h4-6,9,11,13H,7-8,10,12H2,1-3H3. The van der Waals surface area contributed by atoms with Crippen molar-refractivity contribution in [2.45, 2.75) is 26.8 Å². The number of pyridine rings is 1. The maximum Gasteiger partial charge on any atom is 0.312 e. The van der Waals surface area contributed by atoms with Gasteiger partial charge in [-0.05, 0) is 32.0 Å². The lowest BCUT2D eigenvalue weighted by Gasteiger charge is -2.09. The minimum absolute atomic E-state index is 0.0247. The van der Waals surface area contributed by atoms with E-state index >= 15 is 0 Å². The van der Waals surface area contributed by atoms with E-state index in [-0.39, 0.29) is 18.8 Å². The van der Waals surface area contributed by atoms with Crippen molar-refractivity contribution in [3.05, 3.63) is 58.6 Å². The molecule has 0 atom stereocenters. The fourth-order valence-electron chi connectivity index (χ4n) is 3.04. The van der Waals surface area contributed by atoms with E-state index in [0.29, 0.717) is 24.4 Å². The maximum absolute atomic E-state index is 12.5. The molecule has 0 N–H and O–H groups in total. The molecule has 29 heavy (non-hydrogen) atoms. The summed E-state index contributed by atoms with van der Waals surface area (Å²) in [6.07, 6.45) is 3.45. The van der Waals surface area contributed by atoms with E-state index in [9.17, 15) is 9.59 Å². The van der Waals surface area contributed by atoms with Crippen molar-refractivity contribution in [2.75, 3.05) is 20.3 Å². The zero-order valence-corrected chi connectivity index (χ0v) is 17.5. The van der Waals surface area contributed by atoms with Gasteiger partial charge in [0.15, 0.2) is 6.61 Å². The van der Waals surface area contributed by atoms with Gasteiger partial charge in [-0.3, -0.25) is 14.6 Å². The van der Waals surface area contributed by atoms with Crippen LogP contribution in [0.4, 0.5) is 0 Å². The number of carbonyl (C=O) groups is 2. The molecule has 0 fully saturated rings. The normalized spacial score (nSPS) is 10.9. The van der Waals surface area contributed by atoms with Crippen LogP contribution >= 0.6 is 11.3 Å². The maximum atomic E-state index is 12.5. The average molecular weight is 413 g/mol. The fourth-order valence-corrected chi connectivity index (χ4v) is 3.85. The summed E-state index contributed by atoms with van der Waals surface area (Å²) in [4.78, 5) is 33.2. The SMILES string of the molecule is COCCn1c(C)cc(C(=O)COC(=O)Cc2csc(-c3cccnc3)n2)c1C. The van der Waals surface area contributed by atoms with Crippen molar-refractivity contribution in [2.24, 2.45) is 0 Å². The van der Waals surface area contributed by atoms with Crippen LogP contribution in [0.1, 0.15) is 27.4 Å². The number of hydrogen-bond donors (Lipinski definition) is 0. The molecule has 7 nitrogen and oxygen atoms in total. The highest BCUT2D eigenvalue weighted by Crippen LogP contribution is 2.23. The summed E-state index contributed by atoms with van der Waals surface area (Å²) in [5.74, 6) is -0.695. The number of Topliss-reactive ketones (excluding diaryl/α,β-unsaturated/α-hetero) is 1. The highest BCUT2D eigenvalue weighted by atomic mass is 32.1. The number of ether oxygens (including phenoxy) is 2. The quantitative estimate of drug-likeness (QED) is 0.396. The lowest BCUT2D eigenvalue weighted by Crippen LogP contribution is -2.16. The van der Waals surface area contributed by atoms with Crippen LogP contribution in [0.5, 0.6) is 0 Å². The van der Waals surface area contributed by atoms with Crippen LogP contribution in [0.15, 0.2) is 36.0 Å². The van der Waals surface area contributed by atoms with Gasteiger partial charge in [0.1, 0.15) is 5.01 Å². The molecule has 0 aliphatic rings. The summed E-state index contributed by atoms with van der Waals surface area (Å²) in [5, 5.41) is 2.61. The minimum atomic E-state index is -0.477. The third-order valence-electron chi connectivity index (χ3n) is 4.54. The van der Waals surface area contributed by atoms with Gasteiger partial charge < -0.3 is 14.0 Å². The van der Waals surface area contributed by atoms with E-state index < -0.39 is 5.97 Å². The number of ketones is 1. The summed E-state index contributed by atoms with van der Waals surface area (Å²) in [5.41, 5.74) is 3.90. The van der Waals surface area contributed by atoms with Crippen molar-refractivity contribution in [3.63, 3.8) is 0 Å². The Hall–Kier alpha value is -2.84. The Morgan fingerprint density at radius 3 is 2.83 bits per heavy atom. The number of aryl methyl sites for hydroxylation is 1. The van der Waals surface area contributed by atoms with Crippen molar-refractivity contribution >= 4 is 23.1 Å². The van der Waals surface area contributed by atoms with E-state index in [2.05, 4.69) is 9.97 Å². The Balaban J connectivity index is 1.56. The first-order chi connectivity index (χ1) is 14.0. The van der Waals surface area contributed by atoms with Gasteiger partial charge in [0, 0.05) is 53.9 Å². The Morgan fingerprint density at radius 2 is 2.10 bits per heavy atom. The minimum Gasteiger partial charge on any atom is -0.457 e. The molecule has 0 aliphatic heterocycles. The van der Waals surface area contributed by atoms with Crippen molar-refractivity contribution in [3.8, 4) is 10.6 Å². The molecule has 3 aromatic rings. The van der Waals surface area contributed by atoms with Gasteiger partial charge in [-0.1, -0.05) is 0 Å². The molecular weight excluding hydrogens is 390 g/mol. The van der Waals surface area contributed by atoms with Gasteiger partial charge in [-0.15, -0.1) is 11.3 Å². The van der Waals surface area contributed by atoms with Crippen LogP contribution in [0.25, 0.3) is 10.6 Å². The van der Waals surface area contributed by atoms with Crippen LogP contribution in [0.3, 0.4) is 0 Å². The summed E-state index contributed by atoms with van der Waals surface area (Å²) in [6, 6.07) is 5.57. The van der Waals surface area contributed by atoms with E-state index in [0.717, 1.165) is 22.0 Å². The monoisotopic (exact) mass is 413 g/mol. The first kappa shape index (κ1) is 20.9. The number of methoxy groups -OCH3 is 1. The summed E-state index contributed by atoms with van der Waals surface area (Å²) < 4.78 is 12.3. The summed E-state index contributed by atoms with van der Waals surface area (Å²) in [6.45, 7) is 4.77. The third-order valence-corrected chi connectivity index (χ3v) is 5.48. The lowest BCUT2D eigenvalue weighted by atomic mass is 10.1. The van der Waals surface area contributed by atoms with Crippen molar-refractivity contribution < 1.29 is 19.1 Å². The topological polar surface area (TPSA) is 83.3 Å². The number of aromatic nitrogens is 3. The van der Waals surface area contributed by atoms with Crippen molar-refractivity contribution in [1.82, 2.24) is 14.5 Å². The summed E-state index contributed by atoms with van der Waals surface area (Å²) in [7, 11) is 1.64. The summed E-state index contributed by atoms with van der Waals surface area (Å²) >= 11 is 1.44. The smallest absolute Gasteiger partial charge is 0.312 e. The van der Waals surface area contributed by atoms with E-state index in [1.807, 2.05) is 42.0 Å². The highest BCUT2D eigenvalue weighted by molar-refractivity contribution is 7.13. The molecular formula is C21H23N3O4S. The first-order valence-corrected chi connectivity index (χ1v) is 10.1. The molecule has 0 saturated carbocycles. The molecule has 0 aliphatic carbocycles. The Labute approximate surface area is 173 Å². The fraction of sp³-hybridized carbons (Fsp3) is 0.333. The number of hydrogen-bond acceptors (Lipinski definition) is 7. The molecule has 152 valence electrons. The molecule has 3 aromatic heterocycles. The van der Waals surface area contributed by atoms with Gasteiger partial charge in [0.05, 0.1) is 18.7 Å². The Kier molecular flexibility index (Phi) is 6.90. The number of rotatable bonds is 9. The Bertz CT molecular complexity index is 995. The average Bonchev–Trinajstić information content (AvgIpc) is 3.30. The first-order valence-electron chi connectivity index (χ1n) is 9.19. The van der Waals surface area contributed by atoms with Crippen LogP contribution < -0.4 is 0 Å².